The van der Waals surface area contributed by atoms with Crippen LogP contribution in [0.25, 0.3) is 0 Å². The summed E-state index contributed by atoms with van der Waals surface area (Å²) in [4.78, 5) is 5.04. The van der Waals surface area contributed by atoms with E-state index in [0.29, 0.717) is 24.4 Å². The summed E-state index contributed by atoms with van der Waals surface area (Å²) in [6, 6.07) is 10.4. The molecule has 1 saturated carbocycles. The van der Waals surface area contributed by atoms with E-state index in [0.717, 1.165) is 58.7 Å². The molecule has 4 N–H and O–H groups in total. The Morgan fingerprint density at radius 2 is 1.94 bits per heavy atom. The molecule has 8 heteroatoms. The van der Waals surface area contributed by atoms with Crippen molar-refractivity contribution < 1.29 is 4.74 Å². The lowest BCUT2D eigenvalue weighted by atomic mass is 9.76. The first-order valence-electron chi connectivity index (χ1n) is 13.8. The summed E-state index contributed by atoms with van der Waals surface area (Å²) in [5.41, 5.74) is 6.66. The number of hydrazine groups is 1. The molecule has 0 amide bonds. The van der Waals surface area contributed by atoms with Crippen molar-refractivity contribution in [3.8, 4) is 0 Å². The third-order valence-corrected chi connectivity index (χ3v) is 8.86. The first-order chi connectivity index (χ1) is 17.1. The number of nitrogens with zero attached hydrogens (tertiary/aromatic N) is 3. The van der Waals surface area contributed by atoms with Crippen LogP contribution in [0.15, 0.2) is 24.3 Å². The maximum atomic E-state index is 5.70. The highest BCUT2D eigenvalue weighted by molar-refractivity contribution is 5.27. The molecule has 5 rings (SSSR count). The summed E-state index contributed by atoms with van der Waals surface area (Å²) in [6.07, 6.45) is 6.71. The fourth-order valence-corrected chi connectivity index (χ4v) is 6.51. The van der Waals surface area contributed by atoms with Gasteiger partial charge in [-0.2, -0.15) is 0 Å². The zero-order chi connectivity index (χ0) is 24.4. The molecule has 1 aromatic rings. The van der Waals surface area contributed by atoms with Gasteiger partial charge in [0.05, 0.1) is 18.5 Å². The molecule has 0 aromatic heterocycles. The molecule has 8 nitrogen and oxygen atoms in total. The standard InChI is InChI=1S/C27H47N7O/c1-5-27-19-29-34(23-9-10-23)26(27)31-24(30-25(27)33(4)22-11-15-35-16-12-22)21-8-6-7-20(17-21)18-32(3)14-13-28-2/h6-8,17,22-26,28-31H,5,9-16,18-19H2,1-4H3. The van der Waals surface area contributed by atoms with Gasteiger partial charge in [0.25, 0.3) is 0 Å². The van der Waals surface area contributed by atoms with E-state index in [1.165, 1.54) is 24.0 Å². The molecule has 4 aliphatic rings. The topological polar surface area (TPSA) is 67.1 Å². The van der Waals surface area contributed by atoms with Crippen LogP contribution in [0.2, 0.25) is 0 Å². The zero-order valence-electron chi connectivity index (χ0n) is 22.2. The van der Waals surface area contributed by atoms with Crippen LogP contribution < -0.4 is 21.4 Å². The van der Waals surface area contributed by atoms with Gasteiger partial charge in [-0.1, -0.05) is 31.2 Å². The van der Waals surface area contributed by atoms with E-state index in [4.69, 9.17) is 4.74 Å². The van der Waals surface area contributed by atoms with Gasteiger partial charge in [-0.15, -0.1) is 0 Å². The minimum absolute atomic E-state index is 0.121. The van der Waals surface area contributed by atoms with Crippen LogP contribution in [0.5, 0.6) is 0 Å². The van der Waals surface area contributed by atoms with Crippen LogP contribution in [0.1, 0.15) is 56.3 Å². The zero-order valence-corrected chi connectivity index (χ0v) is 22.2. The van der Waals surface area contributed by atoms with Gasteiger partial charge in [0.2, 0.25) is 0 Å². The minimum atomic E-state index is 0.121. The number of nitrogens with one attached hydrogen (secondary N) is 4. The van der Waals surface area contributed by atoms with Gasteiger partial charge in [-0.3, -0.25) is 21.0 Å². The molecular formula is C27H47N7O. The lowest BCUT2D eigenvalue weighted by molar-refractivity contribution is -0.0742. The third kappa shape index (κ3) is 5.31. The van der Waals surface area contributed by atoms with Gasteiger partial charge in [-0.25, -0.2) is 5.01 Å². The van der Waals surface area contributed by atoms with Gasteiger partial charge < -0.3 is 15.0 Å². The fraction of sp³-hybridized carbons (Fsp3) is 0.778. The Bertz CT molecular complexity index is 830. The lowest BCUT2D eigenvalue weighted by Gasteiger charge is -2.54. The number of likely N-dealkylation sites (N-methyl/N-ethyl adjacent to an activating group) is 2. The van der Waals surface area contributed by atoms with Crippen LogP contribution in [0.4, 0.5) is 0 Å². The molecule has 1 aliphatic carbocycles. The number of benzene rings is 1. The van der Waals surface area contributed by atoms with Crippen molar-refractivity contribution in [3.63, 3.8) is 0 Å². The Balaban J connectivity index is 1.40. The predicted octanol–water partition coefficient (Wildman–Crippen LogP) is 1.67. The van der Waals surface area contributed by atoms with Crippen molar-refractivity contribution >= 4 is 0 Å². The van der Waals surface area contributed by atoms with Crippen molar-refractivity contribution in [1.82, 2.24) is 36.2 Å². The van der Waals surface area contributed by atoms with Crippen molar-refractivity contribution in [1.29, 1.82) is 0 Å². The van der Waals surface area contributed by atoms with Crippen molar-refractivity contribution in [3.05, 3.63) is 35.4 Å². The summed E-state index contributed by atoms with van der Waals surface area (Å²) >= 11 is 0. The quantitative estimate of drug-likeness (QED) is 0.399. The van der Waals surface area contributed by atoms with Gasteiger partial charge in [-0.05, 0) is 64.4 Å². The molecule has 0 spiro atoms. The summed E-state index contributed by atoms with van der Waals surface area (Å²) in [7, 11) is 6.56. The molecule has 35 heavy (non-hydrogen) atoms. The average Bonchev–Trinajstić information content (AvgIpc) is 3.67. The second kappa shape index (κ2) is 11.1. The first kappa shape index (κ1) is 25.5. The Morgan fingerprint density at radius 1 is 1.14 bits per heavy atom. The Labute approximate surface area is 212 Å². The Morgan fingerprint density at radius 3 is 2.66 bits per heavy atom. The van der Waals surface area contributed by atoms with Crippen LogP contribution in [0, 0.1) is 5.41 Å². The fourth-order valence-electron chi connectivity index (χ4n) is 6.51. The highest BCUT2D eigenvalue weighted by atomic mass is 16.5. The second-order valence-electron chi connectivity index (χ2n) is 11.2. The molecule has 0 radical (unpaired) electrons. The number of rotatable bonds is 10. The van der Waals surface area contributed by atoms with E-state index in [1.54, 1.807) is 0 Å². The molecule has 3 saturated heterocycles. The highest BCUT2D eigenvalue weighted by Crippen LogP contribution is 2.46. The van der Waals surface area contributed by atoms with Crippen molar-refractivity contribution in [2.24, 2.45) is 5.41 Å². The van der Waals surface area contributed by atoms with Gasteiger partial charge >= 0.3 is 0 Å². The van der Waals surface area contributed by atoms with E-state index in [1.807, 2.05) is 7.05 Å². The van der Waals surface area contributed by atoms with Crippen LogP contribution in [-0.2, 0) is 11.3 Å². The first-order valence-corrected chi connectivity index (χ1v) is 13.8. The Hall–Kier alpha value is -1.10. The summed E-state index contributed by atoms with van der Waals surface area (Å²) in [5, 5.41) is 14.0. The van der Waals surface area contributed by atoms with E-state index in [2.05, 4.69) is 81.5 Å². The molecule has 3 aliphatic heterocycles. The predicted molar refractivity (Wildman–Crippen MR) is 140 cm³/mol. The van der Waals surface area contributed by atoms with E-state index < -0.39 is 0 Å². The summed E-state index contributed by atoms with van der Waals surface area (Å²) in [5.74, 6) is 0. The third-order valence-electron chi connectivity index (χ3n) is 8.86. The monoisotopic (exact) mass is 485 g/mol. The number of hydrogen-bond acceptors (Lipinski definition) is 8. The van der Waals surface area contributed by atoms with E-state index in [-0.39, 0.29) is 11.6 Å². The van der Waals surface area contributed by atoms with Crippen LogP contribution >= 0.6 is 0 Å². The molecule has 4 atom stereocenters. The average molecular weight is 486 g/mol. The van der Waals surface area contributed by atoms with E-state index in [9.17, 15) is 0 Å². The normalized spacial score (nSPS) is 32.5. The van der Waals surface area contributed by atoms with Crippen molar-refractivity contribution in [2.75, 3.05) is 54.0 Å². The second-order valence-corrected chi connectivity index (χ2v) is 11.2. The van der Waals surface area contributed by atoms with Gasteiger partial charge in [0.15, 0.2) is 0 Å². The molecular weight excluding hydrogens is 438 g/mol. The highest BCUT2D eigenvalue weighted by Gasteiger charge is 2.59. The van der Waals surface area contributed by atoms with Crippen molar-refractivity contribution in [2.45, 2.75) is 76.2 Å². The molecule has 3 heterocycles. The molecule has 1 aromatic carbocycles. The minimum Gasteiger partial charge on any atom is -0.381 e. The Kier molecular flexibility index (Phi) is 8.11. The number of hydrogen-bond donors (Lipinski definition) is 4. The maximum absolute atomic E-state index is 5.70. The van der Waals surface area contributed by atoms with Gasteiger partial charge in [0, 0.05) is 56.9 Å². The molecule has 4 unspecified atom stereocenters. The maximum Gasteiger partial charge on any atom is 0.0860 e. The number of fused-ring (bicyclic) bond motifs is 1. The van der Waals surface area contributed by atoms with Crippen LogP contribution in [-0.4, -0.2) is 93.2 Å². The molecule has 196 valence electrons. The van der Waals surface area contributed by atoms with Gasteiger partial charge in [0.1, 0.15) is 0 Å². The summed E-state index contributed by atoms with van der Waals surface area (Å²) < 4.78 is 5.70. The largest absolute Gasteiger partial charge is 0.381 e. The number of ether oxygens (including phenoxy) is 1. The molecule has 4 fully saturated rings. The van der Waals surface area contributed by atoms with E-state index >= 15 is 0 Å². The summed E-state index contributed by atoms with van der Waals surface area (Å²) in [6.45, 7) is 8.16. The lowest BCUT2D eigenvalue weighted by Crippen LogP contribution is -2.72. The smallest absolute Gasteiger partial charge is 0.0860 e. The SMILES string of the molecule is CCC12CNN(C3CC3)C1NC(c1cccc(CN(C)CCNC)c1)NC2N(C)C1CCOCC1. The molecule has 0 bridgehead atoms. The van der Waals surface area contributed by atoms with Crippen LogP contribution in [0.3, 0.4) is 0 Å².